The first-order valence-electron chi connectivity index (χ1n) is 11.3. The lowest BCUT2D eigenvalue weighted by molar-refractivity contribution is -0.385. The van der Waals surface area contributed by atoms with Gasteiger partial charge in [-0.15, -0.1) is 0 Å². The van der Waals surface area contributed by atoms with Crippen LogP contribution in [0.15, 0.2) is 84.0 Å². The number of aryl methyl sites for hydroxylation is 1. The number of benzene rings is 3. The molecule has 0 atom stereocenters. The van der Waals surface area contributed by atoms with Crippen LogP contribution in [-0.2, 0) is 0 Å². The lowest BCUT2D eigenvalue weighted by Crippen LogP contribution is -2.19. The molecule has 13 heteroatoms. The number of amides is 1. The molecule has 0 saturated heterocycles. The Bertz CT molecular complexity index is 1600. The van der Waals surface area contributed by atoms with Crippen molar-refractivity contribution in [2.24, 2.45) is 5.10 Å². The molecule has 0 saturated carbocycles. The van der Waals surface area contributed by atoms with Crippen molar-refractivity contribution >= 4 is 51.2 Å². The minimum Gasteiger partial charge on any atom is -0.507 e. The van der Waals surface area contributed by atoms with Crippen LogP contribution in [0.1, 0.15) is 26.5 Å². The number of anilines is 2. The summed E-state index contributed by atoms with van der Waals surface area (Å²) in [6, 6.07) is 17.8. The van der Waals surface area contributed by atoms with Gasteiger partial charge in [-0.3, -0.25) is 25.0 Å². The highest BCUT2D eigenvalue weighted by molar-refractivity contribution is 7.17. The van der Waals surface area contributed by atoms with Crippen LogP contribution in [0.5, 0.6) is 5.75 Å². The molecule has 39 heavy (non-hydrogen) atoms. The van der Waals surface area contributed by atoms with Crippen LogP contribution < -0.4 is 10.7 Å². The zero-order valence-electron chi connectivity index (χ0n) is 20.3. The topological polar surface area (TPSA) is 173 Å². The van der Waals surface area contributed by atoms with Crippen molar-refractivity contribution in [1.29, 1.82) is 0 Å². The summed E-state index contributed by atoms with van der Waals surface area (Å²) in [5.74, 6) is -0.822. The number of phenolic OH excluding ortho intramolecular Hbond substituents is 1. The minimum absolute atomic E-state index is 0.0393. The first kappa shape index (κ1) is 26.6. The van der Waals surface area contributed by atoms with Crippen LogP contribution in [0.25, 0.3) is 6.08 Å². The molecule has 0 bridgehead atoms. The largest absolute Gasteiger partial charge is 0.507 e. The molecule has 0 aliphatic rings. The van der Waals surface area contributed by atoms with Crippen molar-refractivity contribution in [2.45, 2.75) is 6.92 Å². The summed E-state index contributed by atoms with van der Waals surface area (Å²) in [6.07, 6.45) is 3.31. The number of aromatic hydroxyl groups is 1. The van der Waals surface area contributed by atoms with Crippen LogP contribution in [0, 0.1) is 27.2 Å². The molecule has 1 aromatic heterocycles. The van der Waals surface area contributed by atoms with E-state index >= 15 is 0 Å². The normalized spacial score (nSPS) is 11.4. The maximum Gasteiger partial charge on any atom is 0.275 e. The molecule has 1 heterocycles. The van der Waals surface area contributed by atoms with Crippen LogP contribution in [-0.4, -0.2) is 31.6 Å². The van der Waals surface area contributed by atoms with Gasteiger partial charge in [0.15, 0.2) is 5.13 Å². The second kappa shape index (κ2) is 11.7. The molecule has 0 aliphatic heterocycles. The van der Waals surface area contributed by atoms with Gasteiger partial charge in [-0.25, -0.2) is 10.4 Å². The van der Waals surface area contributed by atoms with E-state index in [0.29, 0.717) is 32.7 Å². The number of nitro groups is 2. The number of rotatable bonds is 9. The van der Waals surface area contributed by atoms with Crippen molar-refractivity contribution in [3.63, 3.8) is 0 Å². The van der Waals surface area contributed by atoms with Gasteiger partial charge in [-0.2, -0.15) is 5.10 Å². The highest BCUT2D eigenvalue weighted by atomic mass is 32.1. The number of nitro benzene ring substituents is 2. The maximum atomic E-state index is 12.6. The number of carbonyl (C=O) groups is 1. The number of carbonyl (C=O) groups excluding carboxylic acids is 1. The standard InChI is InChI=1S/C26H20N6O6S/c1-16-24(39-26(27-16)28-18-9-13-20(14-10-18)32(37)38)22(15-8-17-6-11-19(12-7-17)31(35)36)29-30-25(34)21-4-2-3-5-23(21)33/h2-15,33H,1H3,(H,27,28)(H,30,34)/b15-8+,29-22+. The van der Waals surface area contributed by atoms with E-state index in [1.54, 1.807) is 55.5 Å². The first-order valence-corrected chi connectivity index (χ1v) is 12.1. The Morgan fingerprint density at radius 2 is 1.59 bits per heavy atom. The number of allylic oxidation sites excluding steroid dienone is 1. The van der Waals surface area contributed by atoms with Gasteiger partial charge in [0.25, 0.3) is 17.3 Å². The van der Waals surface area contributed by atoms with Crippen LogP contribution in [0.4, 0.5) is 22.2 Å². The molecule has 12 nitrogen and oxygen atoms in total. The average molecular weight is 545 g/mol. The summed E-state index contributed by atoms with van der Waals surface area (Å²) >= 11 is 1.24. The Labute approximate surface area is 225 Å². The highest BCUT2D eigenvalue weighted by Crippen LogP contribution is 2.28. The predicted octanol–water partition coefficient (Wildman–Crippen LogP) is 5.56. The van der Waals surface area contributed by atoms with Gasteiger partial charge < -0.3 is 10.4 Å². The lowest BCUT2D eigenvalue weighted by Gasteiger charge is -2.05. The lowest BCUT2D eigenvalue weighted by atomic mass is 10.1. The van der Waals surface area contributed by atoms with Gasteiger partial charge in [0, 0.05) is 30.0 Å². The maximum absolute atomic E-state index is 12.6. The average Bonchev–Trinajstić information content (AvgIpc) is 3.28. The van der Waals surface area contributed by atoms with Gasteiger partial charge in [-0.05, 0) is 55.0 Å². The molecule has 196 valence electrons. The molecule has 0 fully saturated rings. The van der Waals surface area contributed by atoms with E-state index < -0.39 is 15.8 Å². The van der Waals surface area contributed by atoms with Gasteiger partial charge in [0.1, 0.15) is 11.5 Å². The summed E-state index contributed by atoms with van der Waals surface area (Å²) in [6.45, 7) is 1.76. The van der Waals surface area contributed by atoms with E-state index in [-0.39, 0.29) is 22.7 Å². The fourth-order valence-corrected chi connectivity index (χ4v) is 4.32. The predicted molar refractivity (Wildman–Crippen MR) is 147 cm³/mol. The molecule has 0 aliphatic carbocycles. The summed E-state index contributed by atoms with van der Waals surface area (Å²) in [5.41, 5.74) is 4.58. The Morgan fingerprint density at radius 3 is 2.21 bits per heavy atom. The number of hydrogen-bond donors (Lipinski definition) is 3. The zero-order chi connectivity index (χ0) is 27.9. The second-order valence-electron chi connectivity index (χ2n) is 8.00. The van der Waals surface area contributed by atoms with E-state index in [4.69, 9.17) is 0 Å². The number of hydrogen-bond acceptors (Lipinski definition) is 10. The molecular weight excluding hydrogens is 524 g/mol. The molecule has 0 spiro atoms. The van der Waals surface area contributed by atoms with Crippen LogP contribution in [0.2, 0.25) is 0 Å². The molecule has 0 unspecified atom stereocenters. The van der Waals surface area contributed by atoms with Gasteiger partial charge in [-0.1, -0.05) is 29.5 Å². The van der Waals surface area contributed by atoms with E-state index in [1.165, 1.54) is 47.7 Å². The number of aromatic nitrogens is 1. The Kier molecular flexibility index (Phi) is 8.02. The second-order valence-corrected chi connectivity index (χ2v) is 9.00. The highest BCUT2D eigenvalue weighted by Gasteiger charge is 2.15. The fraction of sp³-hybridized carbons (Fsp3) is 0.0385. The zero-order valence-corrected chi connectivity index (χ0v) is 21.1. The number of non-ortho nitro benzene ring substituents is 2. The van der Waals surface area contributed by atoms with Crippen molar-refractivity contribution in [2.75, 3.05) is 5.32 Å². The monoisotopic (exact) mass is 544 g/mol. The summed E-state index contributed by atoms with van der Waals surface area (Å²) < 4.78 is 0. The number of thiazole rings is 1. The van der Waals surface area contributed by atoms with E-state index in [1.807, 2.05) is 0 Å². The SMILES string of the molecule is Cc1nc(Nc2ccc([N+](=O)[O-])cc2)sc1C(/C=C/c1ccc([N+](=O)[O-])cc1)=N/NC(=O)c1ccccc1O. The van der Waals surface area contributed by atoms with E-state index in [0.717, 1.165) is 0 Å². The van der Waals surface area contributed by atoms with Gasteiger partial charge >= 0.3 is 0 Å². The molecule has 3 N–H and O–H groups in total. The Hall–Kier alpha value is -5.43. The van der Waals surface area contributed by atoms with Crippen molar-refractivity contribution in [3.8, 4) is 5.75 Å². The Morgan fingerprint density at radius 1 is 0.974 bits per heavy atom. The molecule has 4 aromatic rings. The molecule has 3 aromatic carbocycles. The van der Waals surface area contributed by atoms with Gasteiger partial charge in [0.2, 0.25) is 0 Å². The first-order chi connectivity index (χ1) is 18.7. The Balaban J connectivity index is 1.63. The third-order valence-corrected chi connectivity index (χ3v) is 6.42. The number of nitrogens with one attached hydrogen (secondary N) is 2. The van der Waals surface area contributed by atoms with Crippen molar-refractivity contribution in [3.05, 3.63) is 121 Å². The smallest absolute Gasteiger partial charge is 0.275 e. The van der Waals surface area contributed by atoms with Gasteiger partial charge in [0.05, 0.1) is 26.0 Å². The molecule has 1 amide bonds. The van der Waals surface area contributed by atoms with E-state index in [9.17, 15) is 30.1 Å². The fourth-order valence-electron chi connectivity index (χ4n) is 3.36. The van der Waals surface area contributed by atoms with Crippen LogP contribution >= 0.6 is 11.3 Å². The summed E-state index contributed by atoms with van der Waals surface area (Å²) in [5, 5.41) is 39.7. The number of para-hydroxylation sites is 1. The number of hydrazone groups is 1. The van der Waals surface area contributed by atoms with Crippen LogP contribution in [0.3, 0.4) is 0 Å². The summed E-state index contributed by atoms with van der Waals surface area (Å²) in [4.78, 5) is 38.6. The number of nitrogens with zero attached hydrogens (tertiary/aromatic N) is 4. The molecule has 4 rings (SSSR count). The third kappa shape index (κ3) is 6.67. The molecular formula is C26H20N6O6S. The third-order valence-electron chi connectivity index (χ3n) is 5.32. The summed E-state index contributed by atoms with van der Waals surface area (Å²) in [7, 11) is 0. The quantitative estimate of drug-likeness (QED) is 0.139. The van der Waals surface area contributed by atoms with Crippen molar-refractivity contribution < 1.29 is 19.7 Å². The molecule has 0 radical (unpaired) electrons. The van der Waals surface area contributed by atoms with E-state index in [2.05, 4.69) is 20.8 Å². The number of phenols is 1. The van der Waals surface area contributed by atoms with Crippen molar-refractivity contribution in [1.82, 2.24) is 10.4 Å². The minimum atomic E-state index is -0.624.